The van der Waals surface area contributed by atoms with Gasteiger partial charge in [-0.05, 0) is 44.4 Å². The van der Waals surface area contributed by atoms with Crippen molar-refractivity contribution in [1.82, 2.24) is 4.98 Å². The number of aromatic amines is 1. The number of anilines is 1. The van der Waals surface area contributed by atoms with Crippen LogP contribution >= 0.6 is 0 Å². The van der Waals surface area contributed by atoms with Crippen molar-refractivity contribution in [3.8, 4) is 5.75 Å². The zero-order valence-electron chi connectivity index (χ0n) is 15.9. The fourth-order valence-electron chi connectivity index (χ4n) is 2.64. The van der Waals surface area contributed by atoms with Crippen molar-refractivity contribution in [2.45, 2.75) is 31.4 Å². The minimum absolute atomic E-state index is 0.0525. The Kier molecular flexibility index (Phi) is 5.33. The molecule has 0 saturated carbocycles. The molecule has 3 aromatic rings. The van der Waals surface area contributed by atoms with Crippen LogP contribution in [0, 0.1) is 0 Å². The van der Waals surface area contributed by atoms with Gasteiger partial charge in [-0.1, -0.05) is 24.3 Å². The number of H-pyrrole nitrogens is 1. The average Bonchev–Trinajstić information content (AvgIpc) is 3.14. The second-order valence-corrected chi connectivity index (χ2v) is 8.86. The van der Waals surface area contributed by atoms with Crippen molar-refractivity contribution < 1.29 is 22.7 Å². The van der Waals surface area contributed by atoms with Crippen LogP contribution in [0.1, 0.15) is 20.8 Å². The Morgan fingerprint density at radius 3 is 2.54 bits per heavy atom. The lowest BCUT2D eigenvalue weighted by atomic mass is 10.1. The monoisotopic (exact) mass is 402 g/mol. The fourth-order valence-corrected chi connectivity index (χ4v) is 3.69. The highest BCUT2D eigenvalue weighted by Gasteiger charge is 2.19. The summed E-state index contributed by atoms with van der Waals surface area (Å²) < 4.78 is 38.5. The van der Waals surface area contributed by atoms with E-state index in [0.29, 0.717) is 16.8 Å². The van der Waals surface area contributed by atoms with Gasteiger partial charge in [-0.2, -0.15) is 8.42 Å². The van der Waals surface area contributed by atoms with Crippen LogP contribution in [-0.2, 0) is 19.6 Å². The molecule has 1 aromatic heterocycles. The van der Waals surface area contributed by atoms with Gasteiger partial charge < -0.3 is 14.5 Å². The van der Waals surface area contributed by atoms with E-state index >= 15 is 0 Å². The lowest BCUT2D eigenvalue weighted by Gasteiger charge is -2.19. The predicted octanol–water partition coefficient (Wildman–Crippen LogP) is 3.69. The van der Waals surface area contributed by atoms with E-state index in [1.807, 2.05) is 18.2 Å². The summed E-state index contributed by atoms with van der Waals surface area (Å²) in [6.07, 6.45) is 1.53. The first-order chi connectivity index (χ1) is 13.1. The van der Waals surface area contributed by atoms with Gasteiger partial charge in [-0.25, -0.2) is 4.79 Å². The highest BCUT2D eigenvalue weighted by Crippen LogP contribution is 2.31. The molecule has 148 valence electrons. The molecule has 0 aliphatic carbocycles. The molecule has 2 aromatic carbocycles. The first-order valence-corrected chi connectivity index (χ1v) is 10.2. The van der Waals surface area contributed by atoms with Crippen LogP contribution in [0.4, 0.5) is 5.69 Å². The van der Waals surface area contributed by atoms with Crippen LogP contribution in [0.3, 0.4) is 0 Å². The molecular weight excluding hydrogens is 380 g/mol. The first-order valence-electron chi connectivity index (χ1n) is 8.68. The highest BCUT2D eigenvalue weighted by atomic mass is 32.2. The van der Waals surface area contributed by atoms with Crippen molar-refractivity contribution in [3.63, 3.8) is 0 Å². The summed E-state index contributed by atoms with van der Waals surface area (Å²) in [7, 11) is -3.79. The Labute approximate surface area is 163 Å². The third kappa shape index (κ3) is 4.83. The van der Waals surface area contributed by atoms with Crippen molar-refractivity contribution in [2.24, 2.45) is 0 Å². The Morgan fingerprint density at radius 1 is 1.11 bits per heavy atom. The van der Waals surface area contributed by atoms with Crippen molar-refractivity contribution in [1.29, 1.82) is 0 Å². The molecule has 0 fully saturated rings. The Bertz CT molecular complexity index is 1080. The molecule has 1 heterocycles. The summed E-state index contributed by atoms with van der Waals surface area (Å²) in [5.41, 5.74) is -0.257. The van der Waals surface area contributed by atoms with Crippen LogP contribution in [0.5, 0.6) is 5.75 Å². The van der Waals surface area contributed by atoms with Gasteiger partial charge in [-0.15, -0.1) is 0 Å². The number of sulfonamides is 1. The molecule has 3 rings (SSSR count). The van der Waals surface area contributed by atoms with E-state index < -0.39 is 21.6 Å². The van der Waals surface area contributed by atoms with Gasteiger partial charge in [0.1, 0.15) is 11.4 Å². The molecule has 0 spiro atoms. The quantitative estimate of drug-likeness (QED) is 0.613. The second-order valence-electron chi connectivity index (χ2n) is 7.21. The molecule has 28 heavy (non-hydrogen) atoms. The van der Waals surface area contributed by atoms with Gasteiger partial charge >= 0.3 is 5.97 Å². The maximum atomic E-state index is 12.6. The predicted molar refractivity (Wildman–Crippen MR) is 107 cm³/mol. The number of ether oxygens (including phenoxy) is 2. The number of nitrogens with one attached hydrogen (secondary N) is 2. The maximum absolute atomic E-state index is 12.6. The second kappa shape index (κ2) is 7.55. The van der Waals surface area contributed by atoms with Gasteiger partial charge in [0.15, 0.2) is 11.6 Å². The van der Waals surface area contributed by atoms with E-state index in [4.69, 9.17) is 9.47 Å². The molecule has 0 aliphatic rings. The number of fused-ring (bicyclic) bond motifs is 1. The van der Waals surface area contributed by atoms with Gasteiger partial charge in [-0.3, -0.25) is 4.72 Å². The molecule has 0 amide bonds. The Balaban J connectivity index is 1.89. The summed E-state index contributed by atoms with van der Waals surface area (Å²) in [6.45, 7) is 5.04. The lowest BCUT2D eigenvalue weighted by molar-refractivity contribution is -0.157. The zero-order chi connectivity index (χ0) is 20.4. The largest absolute Gasteiger partial charge is 0.482 e. The van der Waals surface area contributed by atoms with E-state index in [0.717, 1.165) is 5.39 Å². The zero-order valence-corrected chi connectivity index (χ0v) is 16.7. The number of hydrogen-bond acceptors (Lipinski definition) is 5. The van der Waals surface area contributed by atoms with E-state index in [-0.39, 0.29) is 11.6 Å². The molecule has 2 N–H and O–H groups in total. The van der Waals surface area contributed by atoms with E-state index in [1.165, 1.54) is 12.3 Å². The molecule has 0 atom stereocenters. The minimum atomic E-state index is -3.79. The van der Waals surface area contributed by atoms with Crippen LogP contribution in [0.2, 0.25) is 0 Å². The van der Waals surface area contributed by atoms with E-state index in [9.17, 15) is 13.2 Å². The summed E-state index contributed by atoms with van der Waals surface area (Å²) in [6, 6.07) is 13.7. The molecule has 0 unspecified atom stereocenters. The highest BCUT2D eigenvalue weighted by molar-refractivity contribution is 7.92. The summed E-state index contributed by atoms with van der Waals surface area (Å²) in [4.78, 5) is 14.6. The van der Waals surface area contributed by atoms with Crippen molar-refractivity contribution in [3.05, 3.63) is 54.7 Å². The lowest BCUT2D eigenvalue weighted by Crippen LogP contribution is -2.27. The van der Waals surface area contributed by atoms with Crippen LogP contribution < -0.4 is 9.46 Å². The van der Waals surface area contributed by atoms with Gasteiger partial charge in [0.05, 0.1) is 5.69 Å². The fraction of sp³-hybridized carbons (Fsp3) is 0.250. The molecule has 7 nitrogen and oxygen atoms in total. The van der Waals surface area contributed by atoms with Crippen molar-refractivity contribution in [2.75, 3.05) is 11.3 Å². The number of esters is 1. The molecular formula is C20H22N2O5S. The number of hydrogen-bond donors (Lipinski definition) is 2. The Hall–Kier alpha value is -3.00. The number of carbonyl (C=O) groups is 1. The first kappa shape index (κ1) is 19.8. The van der Waals surface area contributed by atoms with Crippen LogP contribution in [0.15, 0.2) is 59.8 Å². The topological polar surface area (TPSA) is 97.5 Å². The van der Waals surface area contributed by atoms with Gasteiger partial charge in [0.25, 0.3) is 10.0 Å². The van der Waals surface area contributed by atoms with E-state index in [1.54, 1.807) is 45.0 Å². The van der Waals surface area contributed by atoms with E-state index in [2.05, 4.69) is 9.71 Å². The molecule has 0 radical (unpaired) electrons. The summed E-state index contributed by atoms with van der Waals surface area (Å²) >= 11 is 0. The number of benzene rings is 2. The molecule has 0 aliphatic heterocycles. The normalized spacial score (nSPS) is 12.0. The standard InChI is InChI=1S/C20H22N2O5S/c1-20(2,3)27-19(23)13-26-15-11-14-7-4-5-8-16(14)17(12-15)22-28(24,25)18-9-6-10-21-18/h4-12,21-22H,13H2,1-3H3. The number of rotatable bonds is 6. The molecule has 0 saturated heterocycles. The third-order valence-corrected chi connectivity index (χ3v) is 5.04. The van der Waals surface area contributed by atoms with Crippen LogP contribution in [0.25, 0.3) is 10.8 Å². The summed E-state index contributed by atoms with van der Waals surface area (Å²) in [5, 5.41) is 1.53. The third-order valence-electron chi connectivity index (χ3n) is 3.72. The maximum Gasteiger partial charge on any atom is 0.344 e. The van der Waals surface area contributed by atoms with Crippen LogP contribution in [-0.4, -0.2) is 31.6 Å². The number of carbonyl (C=O) groups excluding carboxylic acids is 1. The average molecular weight is 402 g/mol. The van der Waals surface area contributed by atoms with Crippen molar-refractivity contribution >= 4 is 32.5 Å². The van der Waals surface area contributed by atoms with Gasteiger partial charge in [0.2, 0.25) is 0 Å². The smallest absolute Gasteiger partial charge is 0.344 e. The summed E-state index contributed by atoms with van der Waals surface area (Å²) in [5.74, 6) is -0.150. The molecule has 8 heteroatoms. The minimum Gasteiger partial charge on any atom is -0.482 e. The Morgan fingerprint density at radius 2 is 1.86 bits per heavy atom. The SMILES string of the molecule is CC(C)(C)OC(=O)COc1cc(NS(=O)(=O)c2ccc[nH]2)c2ccccc2c1. The molecule has 0 bridgehead atoms. The van der Waals surface area contributed by atoms with Gasteiger partial charge in [0, 0.05) is 17.6 Å². The number of aromatic nitrogens is 1.